The molecule has 0 fully saturated rings. The first-order chi connectivity index (χ1) is 11.3. The molecule has 0 saturated heterocycles. The molecule has 23 heavy (non-hydrogen) atoms. The van der Waals surface area contributed by atoms with Crippen LogP contribution in [0.3, 0.4) is 0 Å². The van der Waals surface area contributed by atoms with Gasteiger partial charge in [-0.25, -0.2) is 14.5 Å². The van der Waals surface area contributed by atoms with Gasteiger partial charge < -0.3 is 0 Å². The predicted molar refractivity (Wildman–Crippen MR) is 90.6 cm³/mol. The lowest BCUT2D eigenvalue weighted by Gasteiger charge is -2.13. The molecule has 2 aromatic carbocycles. The molecule has 0 bridgehead atoms. The highest BCUT2D eigenvalue weighted by molar-refractivity contribution is 5.85. The van der Waals surface area contributed by atoms with Crippen molar-refractivity contribution in [3.05, 3.63) is 89.5 Å². The molecule has 0 saturated carbocycles. The molecule has 0 aliphatic carbocycles. The van der Waals surface area contributed by atoms with Crippen LogP contribution in [0.4, 0.5) is 0 Å². The number of nitrogens with zero attached hydrogens (tertiary/aromatic N) is 3. The van der Waals surface area contributed by atoms with Crippen molar-refractivity contribution in [1.82, 2.24) is 14.5 Å². The Labute approximate surface area is 132 Å². The second kappa shape index (κ2) is 5.50. The maximum atomic E-state index is 13.0. The molecule has 0 aliphatic heterocycles. The van der Waals surface area contributed by atoms with E-state index in [0.29, 0.717) is 11.3 Å². The number of hydrogen-bond donors (Lipinski definition) is 0. The molecular weight excluding hydrogens is 286 g/mol. The predicted octanol–water partition coefficient (Wildman–Crippen LogP) is 3.45. The van der Waals surface area contributed by atoms with Crippen LogP contribution in [0.5, 0.6) is 0 Å². The van der Waals surface area contributed by atoms with E-state index in [0.717, 1.165) is 16.6 Å². The highest BCUT2D eigenvalue weighted by Crippen LogP contribution is 2.23. The molecule has 0 unspecified atom stereocenters. The van der Waals surface area contributed by atoms with E-state index in [1.807, 2.05) is 60.7 Å². The fraction of sp³-hybridized carbons (Fsp3) is 0. The summed E-state index contributed by atoms with van der Waals surface area (Å²) in [5.41, 5.74) is 1.61. The number of pyridine rings is 1. The van der Waals surface area contributed by atoms with E-state index in [2.05, 4.69) is 9.97 Å². The Balaban J connectivity index is 2.14. The standard InChI is InChI=1S/C19H13N3O/c23-18-16-10-5-4-9-15(16)13-17(14-7-2-1-3-8-14)22(18)19-20-11-6-12-21-19/h1-13H. The van der Waals surface area contributed by atoms with Crippen LogP contribution in [0.2, 0.25) is 0 Å². The Bertz CT molecular complexity index is 1020. The maximum absolute atomic E-state index is 13.0. The molecule has 4 nitrogen and oxygen atoms in total. The monoisotopic (exact) mass is 299 g/mol. The minimum absolute atomic E-state index is 0.117. The van der Waals surface area contributed by atoms with Crippen LogP contribution in [-0.4, -0.2) is 14.5 Å². The number of benzene rings is 2. The van der Waals surface area contributed by atoms with E-state index >= 15 is 0 Å². The van der Waals surface area contributed by atoms with E-state index in [9.17, 15) is 4.79 Å². The van der Waals surface area contributed by atoms with Gasteiger partial charge in [-0.05, 0) is 29.1 Å². The lowest BCUT2D eigenvalue weighted by atomic mass is 10.1. The summed E-state index contributed by atoms with van der Waals surface area (Å²) in [5, 5.41) is 1.56. The van der Waals surface area contributed by atoms with Gasteiger partial charge in [0.2, 0.25) is 5.95 Å². The average Bonchev–Trinajstić information content (AvgIpc) is 2.63. The Hall–Kier alpha value is -3.27. The first-order valence-corrected chi connectivity index (χ1v) is 7.32. The zero-order valence-electron chi connectivity index (χ0n) is 12.3. The second-order valence-electron chi connectivity index (χ2n) is 5.17. The van der Waals surface area contributed by atoms with Crippen molar-refractivity contribution in [1.29, 1.82) is 0 Å². The average molecular weight is 299 g/mol. The fourth-order valence-electron chi connectivity index (χ4n) is 2.69. The molecule has 110 valence electrons. The van der Waals surface area contributed by atoms with Gasteiger partial charge in [0, 0.05) is 17.8 Å². The van der Waals surface area contributed by atoms with Crippen LogP contribution in [-0.2, 0) is 0 Å². The van der Waals surface area contributed by atoms with E-state index in [-0.39, 0.29) is 5.56 Å². The smallest absolute Gasteiger partial charge is 0.265 e. The molecular formula is C19H13N3O. The van der Waals surface area contributed by atoms with Crippen molar-refractivity contribution in [3.8, 4) is 17.2 Å². The summed E-state index contributed by atoms with van der Waals surface area (Å²) in [6.45, 7) is 0. The van der Waals surface area contributed by atoms with Crippen LogP contribution < -0.4 is 5.56 Å². The molecule has 0 aliphatic rings. The largest absolute Gasteiger partial charge is 0.268 e. The molecule has 0 N–H and O–H groups in total. The highest BCUT2D eigenvalue weighted by Gasteiger charge is 2.13. The van der Waals surface area contributed by atoms with Crippen molar-refractivity contribution < 1.29 is 0 Å². The third-order valence-electron chi connectivity index (χ3n) is 3.75. The number of hydrogen-bond acceptors (Lipinski definition) is 3. The molecule has 0 atom stereocenters. The zero-order valence-corrected chi connectivity index (χ0v) is 12.3. The molecule has 0 amide bonds. The van der Waals surface area contributed by atoms with Gasteiger partial charge in [-0.15, -0.1) is 0 Å². The van der Waals surface area contributed by atoms with Crippen LogP contribution in [0.15, 0.2) is 83.9 Å². The van der Waals surface area contributed by atoms with Gasteiger partial charge in [0.05, 0.1) is 5.69 Å². The SMILES string of the molecule is O=c1c2ccccc2cc(-c2ccccc2)n1-c1ncccn1. The minimum Gasteiger partial charge on any atom is -0.268 e. The number of rotatable bonds is 2. The van der Waals surface area contributed by atoms with E-state index in [4.69, 9.17) is 0 Å². The van der Waals surface area contributed by atoms with Crippen LogP contribution >= 0.6 is 0 Å². The van der Waals surface area contributed by atoms with Gasteiger partial charge in [-0.3, -0.25) is 4.79 Å². The molecule has 4 heteroatoms. The quantitative estimate of drug-likeness (QED) is 0.569. The summed E-state index contributed by atoms with van der Waals surface area (Å²) in [7, 11) is 0. The molecule has 4 rings (SSSR count). The third kappa shape index (κ3) is 2.30. The molecule has 2 heterocycles. The Morgan fingerprint density at radius 1 is 0.783 bits per heavy atom. The Morgan fingerprint density at radius 3 is 2.26 bits per heavy atom. The summed E-state index contributed by atoms with van der Waals surface area (Å²) in [5.74, 6) is 0.377. The second-order valence-corrected chi connectivity index (χ2v) is 5.17. The Kier molecular flexibility index (Phi) is 3.20. The van der Waals surface area contributed by atoms with Crippen molar-refractivity contribution in [3.63, 3.8) is 0 Å². The van der Waals surface area contributed by atoms with E-state index in [1.54, 1.807) is 23.0 Å². The molecule has 0 spiro atoms. The molecule has 0 radical (unpaired) electrons. The van der Waals surface area contributed by atoms with Gasteiger partial charge in [0.15, 0.2) is 0 Å². The van der Waals surface area contributed by atoms with Crippen LogP contribution in [0.1, 0.15) is 0 Å². The van der Waals surface area contributed by atoms with E-state index in [1.165, 1.54) is 0 Å². The number of aromatic nitrogens is 3. The van der Waals surface area contributed by atoms with Gasteiger partial charge in [0.25, 0.3) is 5.56 Å². The summed E-state index contributed by atoms with van der Waals surface area (Å²) in [6, 6.07) is 21.1. The maximum Gasteiger partial charge on any atom is 0.265 e. The van der Waals surface area contributed by atoms with E-state index < -0.39 is 0 Å². The van der Waals surface area contributed by atoms with Crippen LogP contribution in [0, 0.1) is 0 Å². The summed E-state index contributed by atoms with van der Waals surface area (Å²) < 4.78 is 1.57. The Morgan fingerprint density at radius 2 is 1.48 bits per heavy atom. The molecule has 2 aromatic heterocycles. The summed E-state index contributed by atoms with van der Waals surface area (Å²) in [4.78, 5) is 21.5. The first kappa shape index (κ1) is 13.4. The molecule has 4 aromatic rings. The summed E-state index contributed by atoms with van der Waals surface area (Å²) >= 11 is 0. The summed E-state index contributed by atoms with van der Waals surface area (Å²) in [6.07, 6.45) is 3.28. The normalized spacial score (nSPS) is 10.8. The van der Waals surface area contributed by atoms with Crippen molar-refractivity contribution in [2.45, 2.75) is 0 Å². The lowest BCUT2D eigenvalue weighted by Crippen LogP contribution is -2.22. The lowest BCUT2D eigenvalue weighted by molar-refractivity contribution is 0.903. The van der Waals surface area contributed by atoms with Crippen molar-refractivity contribution in [2.75, 3.05) is 0 Å². The van der Waals surface area contributed by atoms with Crippen molar-refractivity contribution >= 4 is 10.8 Å². The fourth-order valence-corrected chi connectivity index (χ4v) is 2.69. The minimum atomic E-state index is -0.117. The number of fused-ring (bicyclic) bond motifs is 1. The van der Waals surface area contributed by atoms with Gasteiger partial charge in [0.1, 0.15) is 0 Å². The van der Waals surface area contributed by atoms with Crippen LogP contribution in [0.25, 0.3) is 28.0 Å². The topological polar surface area (TPSA) is 47.8 Å². The third-order valence-corrected chi connectivity index (χ3v) is 3.75. The van der Waals surface area contributed by atoms with Gasteiger partial charge >= 0.3 is 0 Å². The first-order valence-electron chi connectivity index (χ1n) is 7.32. The highest BCUT2D eigenvalue weighted by atomic mass is 16.1. The van der Waals surface area contributed by atoms with Gasteiger partial charge in [-0.1, -0.05) is 48.5 Å². The van der Waals surface area contributed by atoms with Gasteiger partial charge in [-0.2, -0.15) is 0 Å². The van der Waals surface area contributed by atoms with Crippen molar-refractivity contribution in [2.24, 2.45) is 0 Å². The zero-order chi connectivity index (χ0) is 15.6.